The molecule has 0 aromatic heterocycles. The van der Waals surface area contributed by atoms with Crippen LogP contribution in [-0.2, 0) is 10.0 Å². The molecule has 2 aliphatic rings. The Balaban J connectivity index is 1.64. The van der Waals surface area contributed by atoms with Crippen LogP contribution in [0.3, 0.4) is 0 Å². The first-order valence-electron chi connectivity index (χ1n) is 12.2. The van der Waals surface area contributed by atoms with E-state index in [9.17, 15) is 18.3 Å². The minimum Gasteiger partial charge on any atom is -0.488 e. The predicted molar refractivity (Wildman–Crippen MR) is 135 cm³/mol. The van der Waals surface area contributed by atoms with E-state index in [2.05, 4.69) is 23.6 Å². The zero-order chi connectivity index (χ0) is 25.2. The molecular weight excluding hydrogens is 466 g/mol. The van der Waals surface area contributed by atoms with Gasteiger partial charge in [-0.3, -0.25) is 9.52 Å². The average molecular weight is 502 g/mol. The maximum Gasteiger partial charge on any atom is 0.261 e. The van der Waals surface area contributed by atoms with Crippen LogP contribution >= 0.6 is 0 Å². The summed E-state index contributed by atoms with van der Waals surface area (Å²) in [6, 6.07) is 12.5. The zero-order valence-electron chi connectivity index (χ0n) is 20.6. The third kappa shape index (κ3) is 6.15. The first kappa shape index (κ1) is 25.5. The number of amides is 1. The second-order valence-corrected chi connectivity index (χ2v) is 11.6. The van der Waals surface area contributed by atoms with Gasteiger partial charge in [-0.1, -0.05) is 25.1 Å². The van der Waals surface area contributed by atoms with Crippen molar-refractivity contribution in [1.29, 1.82) is 0 Å². The molecule has 35 heavy (non-hydrogen) atoms. The lowest BCUT2D eigenvalue weighted by atomic mass is 9.99. The van der Waals surface area contributed by atoms with E-state index in [0.717, 1.165) is 19.0 Å². The number of hydrogen-bond donors (Lipinski definition) is 2. The van der Waals surface area contributed by atoms with Gasteiger partial charge in [0.25, 0.3) is 15.9 Å². The number of carbonyl (C=O) groups is 1. The van der Waals surface area contributed by atoms with Crippen LogP contribution in [0.4, 0.5) is 5.69 Å². The summed E-state index contributed by atoms with van der Waals surface area (Å²) in [5.41, 5.74) is 0.553. The molecule has 1 fully saturated rings. The van der Waals surface area contributed by atoms with Crippen molar-refractivity contribution in [3.63, 3.8) is 0 Å². The SMILES string of the molecule is C[C@@H]1CN([C@H](C)CO)C(=O)c2cc(NS(=O)(=O)c3ccccc3)ccc2O[C@H]1CN(C)CC1CC1. The highest BCUT2D eigenvalue weighted by Gasteiger charge is 2.34. The molecule has 190 valence electrons. The average Bonchev–Trinajstić information content (AvgIpc) is 3.65. The Labute approximate surface area is 207 Å². The Morgan fingerprint density at radius 1 is 1.17 bits per heavy atom. The number of aliphatic hydroxyl groups is 1. The molecule has 0 saturated heterocycles. The highest BCUT2D eigenvalue weighted by Crippen LogP contribution is 2.32. The zero-order valence-corrected chi connectivity index (χ0v) is 21.4. The summed E-state index contributed by atoms with van der Waals surface area (Å²) in [4.78, 5) is 17.6. The molecule has 1 aliphatic carbocycles. The molecule has 3 atom stereocenters. The molecule has 2 N–H and O–H groups in total. The fourth-order valence-corrected chi connectivity index (χ4v) is 5.51. The van der Waals surface area contributed by atoms with Crippen molar-refractivity contribution in [2.45, 2.75) is 43.7 Å². The van der Waals surface area contributed by atoms with Gasteiger partial charge < -0.3 is 19.6 Å². The van der Waals surface area contributed by atoms with E-state index in [1.54, 1.807) is 35.2 Å². The number of ether oxygens (including phenoxy) is 1. The first-order chi connectivity index (χ1) is 16.7. The summed E-state index contributed by atoms with van der Waals surface area (Å²) in [5.74, 6) is 0.922. The number of anilines is 1. The number of nitrogens with zero attached hydrogens (tertiary/aromatic N) is 2. The lowest BCUT2D eigenvalue weighted by Crippen LogP contribution is -2.50. The molecule has 9 heteroatoms. The van der Waals surface area contributed by atoms with E-state index in [1.807, 2.05) is 6.92 Å². The van der Waals surface area contributed by atoms with Gasteiger partial charge >= 0.3 is 0 Å². The molecule has 0 bridgehead atoms. The highest BCUT2D eigenvalue weighted by atomic mass is 32.2. The molecule has 8 nitrogen and oxygen atoms in total. The van der Waals surface area contributed by atoms with Crippen molar-refractivity contribution in [3.8, 4) is 5.75 Å². The summed E-state index contributed by atoms with van der Waals surface area (Å²) >= 11 is 0. The Hall–Kier alpha value is -2.62. The third-order valence-electron chi connectivity index (χ3n) is 6.73. The van der Waals surface area contributed by atoms with Gasteiger partial charge in [0.15, 0.2) is 0 Å². The quantitative estimate of drug-likeness (QED) is 0.548. The van der Waals surface area contributed by atoms with Gasteiger partial charge in [0.1, 0.15) is 11.9 Å². The van der Waals surface area contributed by atoms with Crippen LogP contribution in [0.15, 0.2) is 53.4 Å². The lowest BCUT2D eigenvalue weighted by Gasteiger charge is -2.38. The van der Waals surface area contributed by atoms with E-state index >= 15 is 0 Å². The molecule has 0 radical (unpaired) electrons. The molecule has 1 amide bonds. The largest absolute Gasteiger partial charge is 0.488 e. The molecule has 2 aromatic carbocycles. The first-order valence-corrected chi connectivity index (χ1v) is 13.6. The predicted octanol–water partition coefficient (Wildman–Crippen LogP) is 3.05. The lowest BCUT2D eigenvalue weighted by molar-refractivity contribution is 0.0344. The standard InChI is InChI=1S/C26H35N3O5S/c1-18-14-29(19(2)17-30)26(31)23-13-21(27-35(32,33)22-7-5-4-6-8-22)11-12-24(23)34-25(18)16-28(3)15-20-9-10-20/h4-8,11-13,18-20,25,27,30H,9-10,14-17H2,1-3H3/t18-,19-,25+/m1/s1. The minimum atomic E-state index is -3.81. The van der Waals surface area contributed by atoms with Crippen LogP contribution in [-0.4, -0.2) is 74.7 Å². The number of carbonyl (C=O) groups excluding carboxylic acids is 1. The van der Waals surface area contributed by atoms with Gasteiger partial charge in [0.2, 0.25) is 0 Å². The number of benzene rings is 2. The number of rotatable bonds is 9. The maximum atomic E-state index is 13.6. The van der Waals surface area contributed by atoms with Gasteiger partial charge in [-0.15, -0.1) is 0 Å². The Kier molecular flexibility index (Phi) is 7.68. The topological polar surface area (TPSA) is 99.2 Å². The second-order valence-electron chi connectivity index (χ2n) is 9.92. The molecule has 0 unspecified atom stereocenters. The van der Waals surface area contributed by atoms with E-state index in [-0.39, 0.29) is 46.7 Å². The molecular formula is C26H35N3O5S. The van der Waals surface area contributed by atoms with Crippen molar-refractivity contribution in [2.75, 3.05) is 38.0 Å². The fourth-order valence-electron chi connectivity index (χ4n) is 4.44. The molecule has 1 heterocycles. The number of hydrogen-bond acceptors (Lipinski definition) is 6. The van der Waals surface area contributed by atoms with Crippen molar-refractivity contribution in [3.05, 3.63) is 54.1 Å². The molecule has 1 aliphatic heterocycles. The number of sulfonamides is 1. The van der Waals surface area contributed by atoms with Crippen LogP contribution in [0.25, 0.3) is 0 Å². The van der Waals surface area contributed by atoms with Crippen molar-refractivity contribution < 1.29 is 23.1 Å². The van der Waals surface area contributed by atoms with Crippen LogP contribution in [0.2, 0.25) is 0 Å². The highest BCUT2D eigenvalue weighted by molar-refractivity contribution is 7.92. The van der Waals surface area contributed by atoms with Crippen LogP contribution in [0.5, 0.6) is 5.75 Å². The normalized spacial score (nSPS) is 21.6. The Bertz CT molecular complexity index is 1140. The second kappa shape index (κ2) is 10.6. The summed E-state index contributed by atoms with van der Waals surface area (Å²) < 4.78 is 34.6. The monoisotopic (exact) mass is 501 g/mol. The van der Waals surface area contributed by atoms with Crippen LogP contribution in [0, 0.1) is 11.8 Å². The fraction of sp³-hybridized carbons (Fsp3) is 0.500. The number of likely N-dealkylation sites (N-methyl/N-ethyl adjacent to an activating group) is 1. The van der Waals surface area contributed by atoms with Crippen molar-refractivity contribution >= 4 is 21.6 Å². The van der Waals surface area contributed by atoms with Crippen molar-refractivity contribution in [2.24, 2.45) is 11.8 Å². The summed E-state index contributed by atoms with van der Waals surface area (Å²) in [7, 11) is -1.72. The summed E-state index contributed by atoms with van der Waals surface area (Å²) in [6.07, 6.45) is 2.38. The van der Waals surface area contributed by atoms with Crippen LogP contribution < -0.4 is 9.46 Å². The maximum absolute atomic E-state index is 13.6. The number of nitrogens with one attached hydrogen (secondary N) is 1. The van der Waals surface area contributed by atoms with E-state index in [0.29, 0.717) is 12.3 Å². The van der Waals surface area contributed by atoms with Gasteiger partial charge in [0.05, 0.1) is 23.1 Å². The summed E-state index contributed by atoms with van der Waals surface area (Å²) in [6.45, 7) is 5.88. The summed E-state index contributed by atoms with van der Waals surface area (Å²) in [5, 5.41) is 9.83. The van der Waals surface area contributed by atoms with Gasteiger partial charge in [0, 0.05) is 31.2 Å². The van der Waals surface area contributed by atoms with Crippen molar-refractivity contribution in [1.82, 2.24) is 9.80 Å². The smallest absolute Gasteiger partial charge is 0.261 e. The molecule has 4 rings (SSSR count). The van der Waals surface area contributed by atoms with E-state index in [4.69, 9.17) is 4.74 Å². The minimum absolute atomic E-state index is 0.0408. The molecule has 2 aromatic rings. The van der Waals surface area contributed by atoms with Gasteiger partial charge in [-0.25, -0.2) is 8.42 Å². The molecule has 1 saturated carbocycles. The Morgan fingerprint density at radius 2 is 1.89 bits per heavy atom. The number of fused-ring (bicyclic) bond motifs is 1. The van der Waals surface area contributed by atoms with E-state index in [1.165, 1.54) is 31.0 Å². The van der Waals surface area contributed by atoms with Gasteiger partial charge in [-0.2, -0.15) is 0 Å². The Morgan fingerprint density at radius 3 is 2.54 bits per heavy atom. The van der Waals surface area contributed by atoms with Crippen LogP contribution in [0.1, 0.15) is 37.0 Å². The molecule has 0 spiro atoms. The third-order valence-corrected chi connectivity index (χ3v) is 8.13. The number of aliphatic hydroxyl groups excluding tert-OH is 1. The van der Waals surface area contributed by atoms with Gasteiger partial charge in [-0.05, 0) is 63.1 Å². The van der Waals surface area contributed by atoms with E-state index < -0.39 is 10.0 Å².